The molecule has 1 rings (SSSR count). The van der Waals surface area contributed by atoms with Gasteiger partial charge in [0, 0.05) is 24.6 Å². The largest absolute Gasteiger partial charge is 0.396 e. The minimum atomic E-state index is 0.134. The summed E-state index contributed by atoms with van der Waals surface area (Å²) < 4.78 is 0. The molecular formula is C14H29NO. The Labute approximate surface area is 101 Å². The smallest absolute Gasteiger partial charge is 0.0499 e. The van der Waals surface area contributed by atoms with Crippen molar-refractivity contribution in [3.8, 4) is 0 Å². The molecule has 2 nitrogen and oxygen atoms in total. The maximum Gasteiger partial charge on any atom is 0.0499 e. The summed E-state index contributed by atoms with van der Waals surface area (Å²) >= 11 is 0. The summed E-state index contributed by atoms with van der Waals surface area (Å²) in [4.78, 5) is 2.59. The van der Waals surface area contributed by atoms with Gasteiger partial charge in [-0.2, -0.15) is 0 Å². The minimum Gasteiger partial charge on any atom is -0.396 e. The maximum atomic E-state index is 9.62. The van der Waals surface area contributed by atoms with Crippen LogP contribution in [-0.2, 0) is 0 Å². The van der Waals surface area contributed by atoms with Crippen LogP contribution in [0, 0.1) is 11.3 Å². The third-order valence-corrected chi connectivity index (χ3v) is 4.65. The lowest BCUT2D eigenvalue weighted by atomic mass is 9.81. The highest BCUT2D eigenvalue weighted by Crippen LogP contribution is 2.31. The Morgan fingerprint density at radius 2 is 1.88 bits per heavy atom. The average molecular weight is 227 g/mol. The Bertz CT molecular complexity index is 193. The van der Waals surface area contributed by atoms with Crippen LogP contribution in [-0.4, -0.2) is 35.7 Å². The Balaban J connectivity index is 2.57. The van der Waals surface area contributed by atoms with Crippen LogP contribution < -0.4 is 0 Å². The van der Waals surface area contributed by atoms with E-state index >= 15 is 0 Å². The third-order valence-electron chi connectivity index (χ3n) is 4.65. The highest BCUT2D eigenvalue weighted by atomic mass is 16.3. The van der Waals surface area contributed by atoms with Crippen molar-refractivity contribution < 1.29 is 5.11 Å². The topological polar surface area (TPSA) is 23.5 Å². The van der Waals surface area contributed by atoms with Crippen molar-refractivity contribution >= 4 is 0 Å². The van der Waals surface area contributed by atoms with Crippen molar-refractivity contribution in [2.24, 2.45) is 11.3 Å². The van der Waals surface area contributed by atoms with Gasteiger partial charge in [0.05, 0.1) is 0 Å². The second-order valence-corrected chi connectivity index (χ2v) is 5.81. The molecule has 0 aromatic carbocycles. The van der Waals surface area contributed by atoms with E-state index in [2.05, 4.69) is 32.6 Å². The first-order chi connectivity index (χ1) is 7.56. The molecule has 1 aliphatic rings. The summed E-state index contributed by atoms with van der Waals surface area (Å²) in [5.74, 6) is 0.873. The number of hydrogen-bond acceptors (Lipinski definition) is 2. The van der Waals surface area contributed by atoms with Gasteiger partial charge in [-0.3, -0.25) is 0 Å². The number of hydrogen-bond donors (Lipinski definition) is 1. The van der Waals surface area contributed by atoms with Crippen molar-refractivity contribution in [1.29, 1.82) is 0 Å². The molecular weight excluding hydrogens is 198 g/mol. The molecule has 0 spiro atoms. The van der Waals surface area contributed by atoms with E-state index in [0.29, 0.717) is 12.6 Å². The molecule has 1 heterocycles. The Morgan fingerprint density at radius 1 is 1.25 bits per heavy atom. The predicted molar refractivity (Wildman–Crippen MR) is 69.5 cm³/mol. The van der Waals surface area contributed by atoms with E-state index in [1.165, 1.54) is 19.4 Å². The second kappa shape index (κ2) is 6.02. The molecule has 0 aliphatic carbocycles. The van der Waals surface area contributed by atoms with Crippen LogP contribution in [0.2, 0.25) is 0 Å². The van der Waals surface area contributed by atoms with Crippen molar-refractivity contribution in [3.05, 3.63) is 0 Å². The highest BCUT2D eigenvalue weighted by molar-refractivity contribution is 4.85. The van der Waals surface area contributed by atoms with Crippen LogP contribution in [0.15, 0.2) is 0 Å². The monoisotopic (exact) mass is 227 g/mol. The van der Waals surface area contributed by atoms with Gasteiger partial charge in [0.2, 0.25) is 0 Å². The molecule has 16 heavy (non-hydrogen) atoms. The maximum absolute atomic E-state index is 9.62. The zero-order valence-corrected chi connectivity index (χ0v) is 11.5. The first-order valence-electron chi connectivity index (χ1n) is 6.91. The van der Waals surface area contributed by atoms with Gasteiger partial charge >= 0.3 is 0 Å². The van der Waals surface area contributed by atoms with E-state index in [4.69, 9.17) is 0 Å². The number of likely N-dealkylation sites (tertiary alicyclic amines) is 1. The van der Waals surface area contributed by atoms with Crippen molar-refractivity contribution in [3.63, 3.8) is 0 Å². The summed E-state index contributed by atoms with van der Waals surface area (Å²) in [6.07, 6.45) is 4.80. The standard InChI is InChI=1S/C14H29NO/c1-5-14(6-2,11-16)10-15-8-7-12(3)9-13(15)4/h12-13,16H,5-11H2,1-4H3. The van der Waals surface area contributed by atoms with E-state index in [1.807, 2.05) is 0 Å². The van der Waals surface area contributed by atoms with Crippen molar-refractivity contribution in [2.75, 3.05) is 19.7 Å². The molecule has 1 N–H and O–H groups in total. The molecule has 96 valence electrons. The lowest BCUT2D eigenvalue weighted by Gasteiger charge is -2.42. The van der Waals surface area contributed by atoms with E-state index in [-0.39, 0.29) is 5.41 Å². The molecule has 1 aliphatic heterocycles. The van der Waals surface area contributed by atoms with Crippen LogP contribution >= 0.6 is 0 Å². The third kappa shape index (κ3) is 3.21. The Morgan fingerprint density at radius 3 is 2.31 bits per heavy atom. The van der Waals surface area contributed by atoms with E-state index < -0.39 is 0 Å². The van der Waals surface area contributed by atoms with Crippen LogP contribution in [0.4, 0.5) is 0 Å². The molecule has 0 saturated carbocycles. The quantitative estimate of drug-likeness (QED) is 0.780. The second-order valence-electron chi connectivity index (χ2n) is 5.81. The van der Waals surface area contributed by atoms with Gasteiger partial charge in [0.1, 0.15) is 0 Å². The van der Waals surface area contributed by atoms with Gasteiger partial charge in [0.25, 0.3) is 0 Å². The number of rotatable bonds is 5. The van der Waals surface area contributed by atoms with E-state index in [9.17, 15) is 5.11 Å². The first kappa shape index (κ1) is 14.0. The van der Waals surface area contributed by atoms with Crippen LogP contribution in [0.5, 0.6) is 0 Å². The fourth-order valence-electron chi connectivity index (χ4n) is 2.87. The zero-order chi connectivity index (χ0) is 12.2. The van der Waals surface area contributed by atoms with Gasteiger partial charge in [-0.15, -0.1) is 0 Å². The highest BCUT2D eigenvalue weighted by Gasteiger charge is 2.32. The molecule has 0 bridgehead atoms. The molecule has 0 amide bonds. The van der Waals surface area contributed by atoms with Gasteiger partial charge in [-0.1, -0.05) is 20.8 Å². The number of nitrogens with zero attached hydrogens (tertiary/aromatic N) is 1. The molecule has 0 radical (unpaired) electrons. The normalized spacial score (nSPS) is 28.3. The van der Waals surface area contributed by atoms with Gasteiger partial charge in [-0.25, -0.2) is 0 Å². The van der Waals surface area contributed by atoms with Crippen LogP contribution in [0.1, 0.15) is 53.4 Å². The molecule has 2 unspecified atom stereocenters. The number of aliphatic hydroxyl groups is 1. The van der Waals surface area contributed by atoms with Crippen LogP contribution in [0.3, 0.4) is 0 Å². The Kier molecular flexibility index (Phi) is 5.26. The van der Waals surface area contributed by atoms with Crippen LogP contribution in [0.25, 0.3) is 0 Å². The molecule has 0 aromatic heterocycles. The molecule has 2 atom stereocenters. The molecule has 2 heteroatoms. The average Bonchev–Trinajstić information content (AvgIpc) is 2.29. The van der Waals surface area contributed by atoms with Crippen molar-refractivity contribution in [2.45, 2.75) is 59.4 Å². The minimum absolute atomic E-state index is 0.134. The molecule has 1 saturated heterocycles. The first-order valence-corrected chi connectivity index (χ1v) is 6.91. The lowest BCUT2D eigenvalue weighted by molar-refractivity contribution is 0.0286. The van der Waals surface area contributed by atoms with Gasteiger partial charge in [-0.05, 0) is 45.1 Å². The lowest BCUT2D eigenvalue weighted by Crippen LogP contribution is -2.47. The summed E-state index contributed by atoms with van der Waals surface area (Å²) in [6.45, 7) is 11.7. The van der Waals surface area contributed by atoms with Gasteiger partial charge < -0.3 is 10.0 Å². The van der Waals surface area contributed by atoms with Crippen molar-refractivity contribution in [1.82, 2.24) is 4.90 Å². The molecule has 0 aromatic rings. The number of piperidine rings is 1. The summed E-state index contributed by atoms with van der Waals surface area (Å²) in [5, 5.41) is 9.62. The Hall–Kier alpha value is -0.0800. The summed E-state index contributed by atoms with van der Waals surface area (Å²) in [5.41, 5.74) is 0.134. The fraction of sp³-hybridized carbons (Fsp3) is 1.00. The fourth-order valence-corrected chi connectivity index (χ4v) is 2.87. The van der Waals surface area contributed by atoms with E-state index in [0.717, 1.165) is 25.3 Å². The zero-order valence-electron chi connectivity index (χ0n) is 11.5. The molecule has 1 fully saturated rings. The predicted octanol–water partition coefficient (Wildman–Crippen LogP) is 2.91. The summed E-state index contributed by atoms with van der Waals surface area (Å²) in [7, 11) is 0. The number of aliphatic hydroxyl groups excluding tert-OH is 1. The summed E-state index contributed by atoms with van der Waals surface area (Å²) in [6, 6.07) is 0.688. The van der Waals surface area contributed by atoms with E-state index in [1.54, 1.807) is 0 Å². The van der Waals surface area contributed by atoms with Gasteiger partial charge in [0.15, 0.2) is 0 Å². The SMILES string of the molecule is CCC(CC)(CO)CN1CCC(C)CC1C.